The fourth-order valence-corrected chi connectivity index (χ4v) is 4.42. The second kappa shape index (κ2) is 9.85. The molecule has 0 aliphatic heterocycles. The van der Waals surface area contributed by atoms with E-state index in [1.165, 1.54) is 5.56 Å². The van der Waals surface area contributed by atoms with Crippen molar-refractivity contribution in [3.8, 4) is 5.75 Å². The maximum Gasteiger partial charge on any atom is 0.224 e. The molecule has 1 aromatic heterocycles. The molecule has 0 radical (unpaired) electrons. The van der Waals surface area contributed by atoms with E-state index in [9.17, 15) is 9.59 Å². The van der Waals surface area contributed by atoms with E-state index in [-0.39, 0.29) is 24.7 Å². The molecule has 1 heterocycles. The number of methoxy groups -OCH3 is 1. The van der Waals surface area contributed by atoms with E-state index in [2.05, 4.69) is 28.1 Å². The van der Waals surface area contributed by atoms with Crippen LogP contribution in [0.3, 0.4) is 0 Å². The van der Waals surface area contributed by atoms with Gasteiger partial charge in [0.1, 0.15) is 5.75 Å². The number of para-hydroxylation sites is 1. The van der Waals surface area contributed by atoms with Crippen molar-refractivity contribution in [3.63, 3.8) is 0 Å². The lowest BCUT2D eigenvalue weighted by Gasteiger charge is -2.07. The van der Waals surface area contributed by atoms with E-state index in [4.69, 9.17) is 4.74 Å². The van der Waals surface area contributed by atoms with Crippen LogP contribution in [0.25, 0.3) is 21.7 Å². The summed E-state index contributed by atoms with van der Waals surface area (Å²) in [5, 5.41) is 5.80. The van der Waals surface area contributed by atoms with Crippen molar-refractivity contribution in [2.24, 2.45) is 0 Å². The highest BCUT2D eigenvalue weighted by Crippen LogP contribution is 2.24. The molecule has 0 saturated carbocycles. The van der Waals surface area contributed by atoms with Gasteiger partial charge in [0.15, 0.2) is 5.78 Å². The van der Waals surface area contributed by atoms with Crippen LogP contribution in [0.1, 0.15) is 21.5 Å². The summed E-state index contributed by atoms with van der Waals surface area (Å²) in [6.07, 6.45) is 2.25. The molecule has 0 saturated heterocycles. The molecule has 4 aromatic carbocycles. The fourth-order valence-electron chi connectivity index (χ4n) is 4.42. The van der Waals surface area contributed by atoms with Crippen LogP contribution < -0.4 is 10.1 Å². The van der Waals surface area contributed by atoms with Gasteiger partial charge in [0, 0.05) is 29.2 Å². The summed E-state index contributed by atoms with van der Waals surface area (Å²) in [4.78, 5) is 25.5. The van der Waals surface area contributed by atoms with Crippen molar-refractivity contribution >= 4 is 33.4 Å². The van der Waals surface area contributed by atoms with Crippen molar-refractivity contribution in [1.29, 1.82) is 0 Å². The lowest BCUT2D eigenvalue weighted by molar-refractivity contribution is -0.120. The Morgan fingerprint density at radius 1 is 0.857 bits per heavy atom. The number of rotatable bonds is 8. The van der Waals surface area contributed by atoms with Crippen LogP contribution in [-0.2, 0) is 17.8 Å². The predicted octanol–water partition coefficient (Wildman–Crippen LogP) is 5.39. The smallest absolute Gasteiger partial charge is 0.224 e. The van der Waals surface area contributed by atoms with Gasteiger partial charge in [-0.3, -0.25) is 9.59 Å². The number of carbonyl (C=O) groups excluding carboxylic acids is 2. The van der Waals surface area contributed by atoms with Gasteiger partial charge in [0.05, 0.1) is 20.1 Å². The Morgan fingerprint density at radius 2 is 1.60 bits per heavy atom. The van der Waals surface area contributed by atoms with Crippen LogP contribution in [0.15, 0.2) is 97.2 Å². The van der Waals surface area contributed by atoms with Crippen molar-refractivity contribution in [1.82, 2.24) is 9.88 Å². The Morgan fingerprint density at radius 3 is 2.43 bits per heavy atom. The number of fused-ring (bicyclic) bond motifs is 2. The summed E-state index contributed by atoms with van der Waals surface area (Å²) in [5.41, 5.74) is 3.80. The monoisotopic (exact) mass is 462 g/mol. The maximum absolute atomic E-state index is 12.8. The Bertz CT molecular complexity index is 1520. The highest BCUT2D eigenvalue weighted by molar-refractivity contribution is 6.02. The number of ether oxygens (including phenoxy) is 1. The van der Waals surface area contributed by atoms with Crippen LogP contribution in [0, 0.1) is 0 Å². The maximum atomic E-state index is 12.8. The fraction of sp³-hybridized carbons (Fsp3) is 0.133. The molecule has 5 heteroatoms. The van der Waals surface area contributed by atoms with Gasteiger partial charge >= 0.3 is 0 Å². The average Bonchev–Trinajstić information content (AvgIpc) is 3.24. The number of nitrogens with zero attached hydrogens (tertiary/aromatic N) is 1. The summed E-state index contributed by atoms with van der Waals surface area (Å²) < 4.78 is 7.42. The molecule has 0 fully saturated rings. The zero-order valence-electron chi connectivity index (χ0n) is 19.5. The number of Topliss-reactive ketones (excluding diaryl/α,β-unsaturated/α-hetero) is 1. The molecule has 35 heavy (non-hydrogen) atoms. The van der Waals surface area contributed by atoms with Gasteiger partial charge in [-0.2, -0.15) is 0 Å². The number of amides is 1. The molecule has 1 N–H and O–H groups in total. The molecule has 0 bridgehead atoms. The molecule has 0 spiro atoms. The van der Waals surface area contributed by atoms with E-state index >= 15 is 0 Å². The Hall–Kier alpha value is -4.38. The van der Waals surface area contributed by atoms with Gasteiger partial charge in [-0.05, 0) is 46.2 Å². The van der Waals surface area contributed by atoms with Crippen molar-refractivity contribution < 1.29 is 14.3 Å². The van der Waals surface area contributed by atoms with Crippen LogP contribution in [0.2, 0.25) is 0 Å². The molecular formula is C30H26N2O3. The van der Waals surface area contributed by atoms with Gasteiger partial charge in [0.2, 0.25) is 5.91 Å². The lowest BCUT2D eigenvalue weighted by Crippen LogP contribution is -2.30. The first-order chi connectivity index (χ1) is 17.1. The number of ketones is 1. The van der Waals surface area contributed by atoms with E-state index < -0.39 is 0 Å². The number of aromatic nitrogens is 1. The minimum atomic E-state index is -0.175. The number of hydrogen-bond donors (Lipinski definition) is 1. The van der Waals surface area contributed by atoms with Crippen LogP contribution >= 0.6 is 0 Å². The largest absolute Gasteiger partial charge is 0.497 e. The standard InChI is InChI=1S/C30H26N2O3/c1-35-26-14-13-22-15-24(12-11-23(22)16-26)29(33)18-31-30(34)17-25-20-32(19-21-7-3-2-4-8-21)28-10-6-5-9-27(25)28/h2-16,20H,17-19H2,1H3,(H,31,34). The molecule has 1 amide bonds. The van der Waals surface area contributed by atoms with Crippen LogP contribution in [0.4, 0.5) is 0 Å². The quantitative estimate of drug-likeness (QED) is 0.315. The molecule has 5 aromatic rings. The van der Waals surface area contributed by atoms with Gasteiger partial charge in [-0.1, -0.05) is 66.7 Å². The first kappa shape index (κ1) is 22.4. The third kappa shape index (κ3) is 4.94. The number of nitrogens with one attached hydrogen (secondary N) is 1. The Kier molecular flexibility index (Phi) is 6.31. The van der Waals surface area contributed by atoms with Crippen LogP contribution in [0.5, 0.6) is 5.75 Å². The molecule has 174 valence electrons. The molecular weight excluding hydrogens is 436 g/mol. The van der Waals surface area contributed by atoms with Crippen molar-refractivity contribution in [3.05, 3.63) is 114 Å². The summed E-state index contributed by atoms with van der Waals surface area (Å²) >= 11 is 0. The summed E-state index contributed by atoms with van der Waals surface area (Å²) in [7, 11) is 1.63. The van der Waals surface area contributed by atoms with Gasteiger partial charge in [-0.15, -0.1) is 0 Å². The minimum Gasteiger partial charge on any atom is -0.497 e. The molecule has 5 rings (SSSR count). The van der Waals surface area contributed by atoms with E-state index in [0.29, 0.717) is 5.56 Å². The molecule has 0 aliphatic rings. The van der Waals surface area contributed by atoms with E-state index in [0.717, 1.165) is 39.5 Å². The van der Waals surface area contributed by atoms with E-state index in [1.54, 1.807) is 13.2 Å². The van der Waals surface area contributed by atoms with Gasteiger partial charge in [-0.25, -0.2) is 0 Å². The summed E-state index contributed by atoms with van der Waals surface area (Å²) in [5.74, 6) is 0.475. The van der Waals surface area contributed by atoms with Gasteiger partial charge < -0.3 is 14.6 Å². The third-order valence-corrected chi connectivity index (χ3v) is 6.23. The SMILES string of the molecule is COc1ccc2cc(C(=O)CNC(=O)Cc3cn(Cc4ccccc4)c4ccccc34)ccc2c1. The Balaban J connectivity index is 1.27. The highest BCUT2D eigenvalue weighted by Gasteiger charge is 2.14. The number of carbonyl (C=O) groups is 2. The summed E-state index contributed by atoms with van der Waals surface area (Å²) in [6.45, 7) is 0.693. The summed E-state index contributed by atoms with van der Waals surface area (Å²) in [6, 6.07) is 29.6. The second-order valence-electron chi connectivity index (χ2n) is 8.59. The third-order valence-electron chi connectivity index (χ3n) is 6.23. The molecule has 0 aliphatic carbocycles. The minimum absolute atomic E-state index is 0.0385. The highest BCUT2D eigenvalue weighted by atomic mass is 16.5. The molecule has 0 unspecified atom stereocenters. The van der Waals surface area contributed by atoms with Crippen molar-refractivity contribution in [2.45, 2.75) is 13.0 Å². The lowest BCUT2D eigenvalue weighted by atomic mass is 10.0. The van der Waals surface area contributed by atoms with Crippen molar-refractivity contribution in [2.75, 3.05) is 13.7 Å². The molecule has 0 atom stereocenters. The van der Waals surface area contributed by atoms with E-state index in [1.807, 2.05) is 72.9 Å². The number of hydrogen-bond acceptors (Lipinski definition) is 3. The van der Waals surface area contributed by atoms with Crippen LogP contribution in [-0.4, -0.2) is 29.9 Å². The zero-order chi connectivity index (χ0) is 24.2. The predicted molar refractivity (Wildman–Crippen MR) is 139 cm³/mol. The first-order valence-electron chi connectivity index (χ1n) is 11.6. The topological polar surface area (TPSA) is 60.3 Å². The number of benzene rings is 4. The van der Waals surface area contributed by atoms with Gasteiger partial charge in [0.25, 0.3) is 0 Å². The molecule has 5 nitrogen and oxygen atoms in total. The second-order valence-corrected chi connectivity index (χ2v) is 8.59. The average molecular weight is 463 g/mol. The Labute approximate surface area is 204 Å². The first-order valence-corrected chi connectivity index (χ1v) is 11.6. The normalized spacial score (nSPS) is 11.0. The zero-order valence-corrected chi connectivity index (χ0v) is 19.5.